The van der Waals surface area contributed by atoms with Crippen molar-refractivity contribution in [2.24, 2.45) is 0 Å². The Labute approximate surface area is 115 Å². The second-order valence-electron chi connectivity index (χ2n) is 4.55. The van der Waals surface area contributed by atoms with E-state index in [-0.39, 0.29) is 6.10 Å². The zero-order chi connectivity index (χ0) is 14.5. The van der Waals surface area contributed by atoms with Crippen molar-refractivity contribution in [3.63, 3.8) is 0 Å². The third-order valence-electron chi connectivity index (χ3n) is 3.27. The zero-order valence-corrected chi connectivity index (χ0v) is 12.4. The Bertz CT molecular complexity index is 401. The molecule has 2 atom stereocenters. The highest BCUT2D eigenvalue weighted by molar-refractivity contribution is 5.44. The van der Waals surface area contributed by atoms with Crippen LogP contribution in [0.25, 0.3) is 0 Å². The average Bonchev–Trinajstić information content (AvgIpc) is 2.40. The van der Waals surface area contributed by atoms with Crippen molar-refractivity contribution in [2.45, 2.75) is 39.4 Å². The third kappa shape index (κ3) is 3.61. The van der Waals surface area contributed by atoms with Crippen LogP contribution in [-0.2, 0) is 10.3 Å². The fraction of sp³-hybridized carbons (Fsp3) is 0.600. The molecule has 0 amide bonds. The van der Waals surface area contributed by atoms with E-state index < -0.39 is 5.60 Å². The topological polar surface area (TPSA) is 47.9 Å². The van der Waals surface area contributed by atoms with E-state index in [2.05, 4.69) is 0 Å². The van der Waals surface area contributed by atoms with Crippen LogP contribution in [0.15, 0.2) is 18.2 Å². The van der Waals surface area contributed by atoms with Gasteiger partial charge in [0, 0.05) is 7.11 Å². The molecule has 0 aliphatic carbocycles. The first-order valence-corrected chi connectivity index (χ1v) is 6.62. The van der Waals surface area contributed by atoms with Crippen LogP contribution < -0.4 is 9.47 Å². The van der Waals surface area contributed by atoms with Crippen molar-refractivity contribution in [1.82, 2.24) is 0 Å². The fourth-order valence-corrected chi connectivity index (χ4v) is 1.83. The van der Waals surface area contributed by atoms with E-state index in [0.29, 0.717) is 24.7 Å². The summed E-state index contributed by atoms with van der Waals surface area (Å²) in [7, 11) is 1.58. The lowest BCUT2D eigenvalue weighted by atomic mass is 9.90. The standard InChI is InChI=1S/C15H24O4/c1-6-18-13-9-8-12(10-14(13)19-7-2)15(4,16)11(3)17-5/h8-11,16H,6-7H2,1-5H3. The summed E-state index contributed by atoms with van der Waals surface area (Å²) in [5.74, 6) is 1.33. The fourth-order valence-electron chi connectivity index (χ4n) is 1.83. The van der Waals surface area contributed by atoms with Gasteiger partial charge in [0.25, 0.3) is 0 Å². The van der Waals surface area contributed by atoms with E-state index in [1.165, 1.54) is 0 Å². The highest BCUT2D eigenvalue weighted by Gasteiger charge is 2.31. The second kappa shape index (κ2) is 6.78. The Morgan fingerprint density at radius 1 is 1.16 bits per heavy atom. The van der Waals surface area contributed by atoms with Crippen LogP contribution in [0.4, 0.5) is 0 Å². The van der Waals surface area contributed by atoms with E-state index in [9.17, 15) is 5.11 Å². The van der Waals surface area contributed by atoms with Crippen LogP contribution in [0.1, 0.15) is 33.3 Å². The molecule has 2 unspecified atom stereocenters. The molecule has 0 fully saturated rings. The Hall–Kier alpha value is -1.26. The lowest BCUT2D eigenvalue weighted by molar-refractivity contribution is -0.0773. The minimum atomic E-state index is -1.08. The molecule has 1 aromatic carbocycles. The second-order valence-corrected chi connectivity index (χ2v) is 4.55. The van der Waals surface area contributed by atoms with E-state index in [1.807, 2.05) is 39.0 Å². The maximum atomic E-state index is 10.5. The van der Waals surface area contributed by atoms with Gasteiger partial charge in [0.05, 0.1) is 19.3 Å². The molecule has 0 heterocycles. The molecule has 1 rings (SSSR count). The van der Waals surface area contributed by atoms with Gasteiger partial charge < -0.3 is 19.3 Å². The van der Waals surface area contributed by atoms with E-state index in [4.69, 9.17) is 14.2 Å². The summed E-state index contributed by atoms with van der Waals surface area (Å²) >= 11 is 0. The number of benzene rings is 1. The summed E-state index contributed by atoms with van der Waals surface area (Å²) < 4.78 is 16.3. The number of hydrogen-bond acceptors (Lipinski definition) is 4. The molecule has 0 saturated heterocycles. The van der Waals surface area contributed by atoms with Gasteiger partial charge in [-0.25, -0.2) is 0 Å². The summed E-state index contributed by atoms with van der Waals surface area (Å²) in [6.45, 7) is 8.52. The van der Waals surface area contributed by atoms with Crippen LogP contribution in [-0.4, -0.2) is 31.5 Å². The summed E-state index contributed by atoms with van der Waals surface area (Å²) in [6, 6.07) is 5.47. The van der Waals surface area contributed by atoms with Gasteiger partial charge >= 0.3 is 0 Å². The average molecular weight is 268 g/mol. The van der Waals surface area contributed by atoms with E-state index in [1.54, 1.807) is 14.0 Å². The monoisotopic (exact) mass is 268 g/mol. The number of methoxy groups -OCH3 is 1. The molecule has 19 heavy (non-hydrogen) atoms. The Kier molecular flexibility index (Phi) is 5.63. The third-order valence-corrected chi connectivity index (χ3v) is 3.27. The van der Waals surface area contributed by atoms with Gasteiger partial charge in [-0.2, -0.15) is 0 Å². The van der Waals surface area contributed by atoms with Gasteiger partial charge in [-0.05, 0) is 45.4 Å². The van der Waals surface area contributed by atoms with Crippen molar-refractivity contribution < 1.29 is 19.3 Å². The van der Waals surface area contributed by atoms with Crippen LogP contribution >= 0.6 is 0 Å². The van der Waals surface area contributed by atoms with Gasteiger partial charge in [-0.15, -0.1) is 0 Å². The van der Waals surface area contributed by atoms with Crippen molar-refractivity contribution in [1.29, 1.82) is 0 Å². The van der Waals surface area contributed by atoms with Crippen molar-refractivity contribution in [3.05, 3.63) is 23.8 Å². The number of ether oxygens (including phenoxy) is 3. The van der Waals surface area contributed by atoms with Crippen molar-refractivity contribution >= 4 is 0 Å². The molecule has 0 bridgehead atoms. The molecule has 4 heteroatoms. The predicted octanol–water partition coefficient (Wildman–Crippen LogP) is 2.73. The normalized spacial score (nSPS) is 15.7. The molecule has 1 N–H and O–H groups in total. The lowest BCUT2D eigenvalue weighted by Gasteiger charge is -2.30. The number of aliphatic hydroxyl groups is 1. The smallest absolute Gasteiger partial charge is 0.161 e. The first-order chi connectivity index (χ1) is 8.97. The quantitative estimate of drug-likeness (QED) is 0.826. The lowest BCUT2D eigenvalue weighted by Crippen LogP contribution is -2.35. The molecule has 1 aromatic rings. The van der Waals surface area contributed by atoms with Gasteiger partial charge in [0.15, 0.2) is 11.5 Å². The number of hydrogen-bond donors (Lipinski definition) is 1. The number of rotatable bonds is 7. The largest absolute Gasteiger partial charge is 0.490 e. The molecule has 0 aliphatic rings. The molecule has 4 nitrogen and oxygen atoms in total. The summed E-state index contributed by atoms with van der Waals surface area (Å²) in [5, 5.41) is 10.5. The van der Waals surface area contributed by atoms with Crippen LogP contribution in [0.2, 0.25) is 0 Å². The molecule has 0 aliphatic heterocycles. The van der Waals surface area contributed by atoms with Gasteiger partial charge in [0.2, 0.25) is 0 Å². The molecule has 0 spiro atoms. The molecular weight excluding hydrogens is 244 g/mol. The first kappa shape index (κ1) is 15.8. The SMILES string of the molecule is CCOc1ccc(C(C)(O)C(C)OC)cc1OCC. The molecule has 0 radical (unpaired) electrons. The van der Waals surface area contributed by atoms with E-state index >= 15 is 0 Å². The summed E-state index contributed by atoms with van der Waals surface area (Å²) in [6.07, 6.45) is -0.320. The van der Waals surface area contributed by atoms with Crippen molar-refractivity contribution in [2.75, 3.05) is 20.3 Å². The van der Waals surface area contributed by atoms with Crippen LogP contribution in [0.3, 0.4) is 0 Å². The molecular formula is C15H24O4. The maximum Gasteiger partial charge on any atom is 0.161 e. The minimum Gasteiger partial charge on any atom is -0.490 e. The van der Waals surface area contributed by atoms with E-state index in [0.717, 1.165) is 5.56 Å². The van der Waals surface area contributed by atoms with Crippen LogP contribution in [0, 0.1) is 0 Å². The summed E-state index contributed by atoms with van der Waals surface area (Å²) in [4.78, 5) is 0. The molecule has 108 valence electrons. The Balaban J connectivity index is 3.13. The molecule has 0 saturated carbocycles. The Morgan fingerprint density at radius 2 is 1.74 bits per heavy atom. The van der Waals surface area contributed by atoms with Crippen LogP contribution in [0.5, 0.6) is 11.5 Å². The van der Waals surface area contributed by atoms with Gasteiger partial charge in [-0.1, -0.05) is 6.07 Å². The van der Waals surface area contributed by atoms with Crippen molar-refractivity contribution in [3.8, 4) is 11.5 Å². The van der Waals surface area contributed by atoms with Gasteiger partial charge in [-0.3, -0.25) is 0 Å². The Morgan fingerprint density at radius 3 is 2.26 bits per heavy atom. The zero-order valence-electron chi connectivity index (χ0n) is 12.4. The van der Waals surface area contributed by atoms with Gasteiger partial charge in [0.1, 0.15) is 5.60 Å². The predicted molar refractivity (Wildman–Crippen MR) is 74.8 cm³/mol. The first-order valence-electron chi connectivity index (χ1n) is 6.62. The maximum absolute atomic E-state index is 10.5. The highest BCUT2D eigenvalue weighted by atomic mass is 16.5. The molecule has 0 aromatic heterocycles. The highest BCUT2D eigenvalue weighted by Crippen LogP contribution is 2.34. The minimum absolute atomic E-state index is 0.320. The summed E-state index contributed by atoms with van der Waals surface area (Å²) in [5.41, 5.74) is -0.334.